The number of hydrogen-bond donors (Lipinski definition) is 1. The van der Waals surface area contributed by atoms with E-state index < -0.39 is 0 Å². The van der Waals surface area contributed by atoms with Crippen molar-refractivity contribution in [2.45, 2.75) is 45.0 Å². The van der Waals surface area contributed by atoms with E-state index in [1.54, 1.807) is 0 Å². The molecule has 72 valence electrons. The van der Waals surface area contributed by atoms with E-state index in [9.17, 15) is 0 Å². The predicted octanol–water partition coefficient (Wildman–Crippen LogP) is 1.27. The maximum atomic E-state index is 5.63. The molecular weight excluding hydrogens is 154 g/mol. The van der Waals surface area contributed by atoms with Crippen LogP contribution in [0.3, 0.4) is 0 Å². The summed E-state index contributed by atoms with van der Waals surface area (Å²) in [4.78, 5) is 0. The number of ether oxygens (including phenoxy) is 2. The van der Waals surface area contributed by atoms with Gasteiger partial charge in [-0.1, -0.05) is 0 Å². The molecule has 1 saturated heterocycles. The SMILES string of the molecule is C[C@@H](CCN)O[C@@H]1CCCCO1. The number of hydrogen-bond acceptors (Lipinski definition) is 3. The molecule has 0 radical (unpaired) electrons. The van der Waals surface area contributed by atoms with Gasteiger partial charge in [-0.25, -0.2) is 0 Å². The minimum absolute atomic E-state index is 0.0281. The summed E-state index contributed by atoms with van der Waals surface area (Å²) in [5, 5.41) is 0. The standard InChI is InChI=1S/C9H19NO2/c1-8(5-6-10)12-9-4-2-3-7-11-9/h8-9H,2-7,10H2,1H3/t8-,9+/m0/s1. The van der Waals surface area contributed by atoms with Gasteiger partial charge in [-0.2, -0.15) is 0 Å². The fraction of sp³-hybridized carbons (Fsp3) is 1.00. The Labute approximate surface area is 74.2 Å². The van der Waals surface area contributed by atoms with Gasteiger partial charge in [0.25, 0.3) is 0 Å². The zero-order valence-electron chi connectivity index (χ0n) is 7.79. The Balaban J connectivity index is 2.11. The van der Waals surface area contributed by atoms with E-state index in [1.165, 1.54) is 12.8 Å². The summed E-state index contributed by atoms with van der Waals surface area (Å²) in [6.45, 7) is 3.58. The fourth-order valence-corrected chi connectivity index (χ4v) is 1.38. The van der Waals surface area contributed by atoms with E-state index in [0.29, 0.717) is 6.54 Å². The van der Waals surface area contributed by atoms with E-state index in [-0.39, 0.29) is 12.4 Å². The van der Waals surface area contributed by atoms with Gasteiger partial charge in [-0.05, 0) is 39.2 Å². The van der Waals surface area contributed by atoms with E-state index in [2.05, 4.69) is 0 Å². The molecule has 0 aromatic heterocycles. The molecule has 0 aromatic carbocycles. The summed E-state index contributed by atoms with van der Waals surface area (Å²) in [6, 6.07) is 0. The maximum Gasteiger partial charge on any atom is 0.157 e. The summed E-state index contributed by atoms with van der Waals surface area (Å²) >= 11 is 0. The topological polar surface area (TPSA) is 44.5 Å². The monoisotopic (exact) mass is 173 g/mol. The van der Waals surface area contributed by atoms with Crippen molar-refractivity contribution in [1.82, 2.24) is 0 Å². The molecule has 0 unspecified atom stereocenters. The lowest BCUT2D eigenvalue weighted by molar-refractivity contribution is -0.184. The molecule has 2 atom stereocenters. The lowest BCUT2D eigenvalue weighted by atomic mass is 10.2. The van der Waals surface area contributed by atoms with Crippen LogP contribution >= 0.6 is 0 Å². The molecule has 1 aliphatic heterocycles. The molecule has 2 N–H and O–H groups in total. The predicted molar refractivity (Wildman–Crippen MR) is 47.8 cm³/mol. The highest BCUT2D eigenvalue weighted by Crippen LogP contribution is 2.15. The average Bonchev–Trinajstić information content (AvgIpc) is 2.06. The van der Waals surface area contributed by atoms with Crippen LogP contribution in [-0.2, 0) is 9.47 Å². The Bertz CT molecular complexity index is 113. The molecule has 1 rings (SSSR count). The van der Waals surface area contributed by atoms with Crippen LogP contribution < -0.4 is 5.73 Å². The van der Waals surface area contributed by atoms with Crippen molar-refractivity contribution in [3.63, 3.8) is 0 Å². The smallest absolute Gasteiger partial charge is 0.157 e. The van der Waals surface area contributed by atoms with Crippen LogP contribution in [0.25, 0.3) is 0 Å². The van der Waals surface area contributed by atoms with Crippen LogP contribution in [0.2, 0.25) is 0 Å². The van der Waals surface area contributed by atoms with Crippen molar-refractivity contribution in [2.75, 3.05) is 13.2 Å². The molecule has 0 aromatic rings. The van der Waals surface area contributed by atoms with E-state index >= 15 is 0 Å². The molecule has 0 bridgehead atoms. The summed E-state index contributed by atoms with van der Waals surface area (Å²) in [5.74, 6) is 0. The first-order chi connectivity index (χ1) is 5.83. The van der Waals surface area contributed by atoms with Crippen LogP contribution in [0.15, 0.2) is 0 Å². The van der Waals surface area contributed by atoms with Gasteiger partial charge < -0.3 is 15.2 Å². The first kappa shape index (κ1) is 9.96. The second-order valence-electron chi connectivity index (χ2n) is 3.32. The van der Waals surface area contributed by atoms with E-state index in [4.69, 9.17) is 15.2 Å². The third kappa shape index (κ3) is 3.52. The Morgan fingerprint density at radius 3 is 3.00 bits per heavy atom. The molecule has 3 heteroatoms. The molecule has 0 saturated carbocycles. The molecule has 1 heterocycles. The van der Waals surface area contributed by atoms with Crippen molar-refractivity contribution in [3.05, 3.63) is 0 Å². The zero-order chi connectivity index (χ0) is 8.81. The van der Waals surface area contributed by atoms with Crippen LogP contribution in [0.5, 0.6) is 0 Å². The Kier molecular flexibility index (Phi) is 4.58. The minimum Gasteiger partial charge on any atom is -0.353 e. The maximum absolute atomic E-state index is 5.63. The van der Waals surface area contributed by atoms with Gasteiger partial charge in [-0.15, -0.1) is 0 Å². The Hall–Kier alpha value is -0.120. The molecule has 1 fully saturated rings. The van der Waals surface area contributed by atoms with Crippen molar-refractivity contribution in [2.24, 2.45) is 5.73 Å². The van der Waals surface area contributed by atoms with Gasteiger partial charge in [-0.3, -0.25) is 0 Å². The highest BCUT2D eigenvalue weighted by atomic mass is 16.7. The summed E-state index contributed by atoms with van der Waals surface area (Å²) in [7, 11) is 0. The van der Waals surface area contributed by atoms with E-state index in [1.807, 2.05) is 6.92 Å². The number of nitrogens with two attached hydrogens (primary N) is 1. The first-order valence-electron chi connectivity index (χ1n) is 4.80. The highest BCUT2D eigenvalue weighted by Gasteiger charge is 2.16. The average molecular weight is 173 g/mol. The first-order valence-corrected chi connectivity index (χ1v) is 4.80. The van der Waals surface area contributed by atoms with Gasteiger partial charge >= 0.3 is 0 Å². The molecular formula is C9H19NO2. The van der Waals surface area contributed by atoms with Crippen molar-refractivity contribution >= 4 is 0 Å². The van der Waals surface area contributed by atoms with Gasteiger partial charge in [0.1, 0.15) is 0 Å². The minimum atomic E-state index is 0.0281. The molecule has 0 aliphatic carbocycles. The molecule has 12 heavy (non-hydrogen) atoms. The fourth-order valence-electron chi connectivity index (χ4n) is 1.38. The lowest BCUT2D eigenvalue weighted by Gasteiger charge is -2.25. The van der Waals surface area contributed by atoms with E-state index in [0.717, 1.165) is 19.4 Å². The lowest BCUT2D eigenvalue weighted by Crippen LogP contribution is -2.27. The number of rotatable bonds is 4. The molecule has 3 nitrogen and oxygen atoms in total. The normalized spacial score (nSPS) is 27.0. The quantitative estimate of drug-likeness (QED) is 0.696. The van der Waals surface area contributed by atoms with Gasteiger partial charge in [0.15, 0.2) is 6.29 Å². The van der Waals surface area contributed by atoms with Crippen LogP contribution in [-0.4, -0.2) is 25.5 Å². The molecule has 0 spiro atoms. The van der Waals surface area contributed by atoms with Crippen LogP contribution in [0, 0.1) is 0 Å². The highest BCUT2D eigenvalue weighted by molar-refractivity contribution is 4.57. The van der Waals surface area contributed by atoms with Crippen molar-refractivity contribution < 1.29 is 9.47 Å². The van der Waals surface area contributed by atoms with Crippen LogP contribution in [0.1, 0.15) is 32.6 Å². The molecule has 1 aliphatic rings. The van der Waals surface area contributed by atoms with Gasteiger partial charge in [0, 0.05) is 6.61 Å². The zero-order valence-corrected chi connectivity index (χ0v) is 7.79. The Morgan fingerprint density at radius 2 is 2.42 bits per heavy atom. The Morgan fingerprint density at radius 1 is 1.58 bits per heavy atom. The van der Waals surface area contributed by atoms with Gasteiger partial charge in [0.05, 0.1) is 6.10 Å². The summed E-state index contributed by atoms with van der Waals surface area (Å²) in [6.07, 6.45) is 4.61. The van der Waals surface area contributed by atoms with Crippen molar-refractivity contribution in [1.29, 1.82) is 0 Å². The third-order valence-corrected chi connectivity index (χ3v) is 2.10. The van der Waals surface area contributed by atoms with Crippen molar-refractivity contribution in [3.8, 4) is 0 Å². The third-order valence-electron chi connectivity index (χ3n) is 2.10. The molecule has 0 amide bonds. The second-order valence-corrected chi connectivity index (χ2v) is 3.32. The van der Waals surface area contributed by atoms with Crippen LogP contribution in [0.4, 0.5) is 0 Å². The largest absolute Gasteiger partial charge is 0.353 e. The summed E-state index contributed by atoms with van der Waals surface area (Å²) in [5.41, 5.74) is 5.41. The second kappa shape index (κ2) is 5.51. The van der Waals surface area contributed by atoms with Gasteiger partial charge in [0.2, 0.25) is 0 Å². The summed E-state index contributed by atoms with van der Waals surface area (Å²) < 4.78 is 11.1.